The van der Waals surface area contributed by atoms with Crippen LogP contribution < -0.4 is 4.74 Å². The fourth-order valence-corrected chi connectivity index (χ4v) is 1.39. The molecule has 0 spiro atoms. The molecule has 0 heterocycles. The summed E-state index contributed by atoms with van der Waals surface area (Å²) in [5.41, 5.74) is -1.49. The van der Waals surface area contributed by atoms with Crippen molar-refractivity contribution in [2.45, 2.75) is 13.1 Å². The van der Waals surface area contributed by atoms with E-state index in [1.54, 1.807) is 0 Å². The number of rotatable bonds is 6. The minimum absolute atomic E-state index is 0.0694. The van der Waals surface area contributed by atoms with Crippen LogP contribution in [0, 0.1) is 0 Å². The average molecular weight is 346 g/mol. The van der Waals surface area contributed by atoms with Gasteiger partial charge in [-0.2, -0.15) is 18.3 Å². The molecule has 10 heteroatoms. The Bertz CT molecular complexity index is 666. The van der Waals surface area contributed by atoms with Crippen LogP contribution in [-0.4, -0.2) is 36.8 Å². The van der Waals surface area contributed by atoms with E-state index in [2.05, 4.69) is 15.0 Å². The predicted molar refractivity (Wildman–Crippen MR) is 74.9 cm³/mol. The van der Waals surface area contributed by atoms with Crippen molar-refractivity contribution in [1.82, 2.24) is 0 Å². The summed E-state index contributed by atoms with van der Waals surface area (Å²) in [5.74, 6) is -5.15. The van der Waals surface area contributed by atoms with E-state index in [1.165, 1.54) is 38.3 Å². The van der Waals surface area contributed by atoms with Gasteiger partial charge in [-0.25, -0.2) is 4.79 Å². The molecule has 0 saturated carbocycles. The maximum Gasteiger partial charge on any atom is 0.456 e. The minimum atomic E-state index is -5.35. The molecule has 0 saturated heterocycles. The molecule has 1 aromatic rings. The normalized spacial score (nSPS) is 12.7. The summed E-state index contributed by atoms with van der Waals surface area (Å²) >= 11 is 0. The Morgan fingerprint density at radius 2 is 1.79 bits per heavy atom. The number of carbonyl (C=O) groups excluding carboxylic acids is 2. The number of ether oxygens (including phenoxy) is 2. The van der Waals surface area contributed by atoms with Crippen molar-refractivity contribution in [2.24, 2.45) is 10.2 Å². The summed E-state index contributed by atoms with van der Waals surface area (Å²) < 4.78 is 46.9. The van der Waals surface area contributed by atoms with Crippen LogP contribution in [-0.2, 0) is 14.3 Å². The molecule has 0 fully saturated rings. The second kappa shape index (κ2) is 8.09. The molecule has 0 atom stereocenters. The number of alkyl halides is 3. The number of ketones is 1. The molecule has 0 bridgehead atoms. The van der Waals surface area contributed by atoms with E-state index in [-0.39, 0.29) is 12.3 Å². The van der Waals surface area contributed by atoms with Gasteiger partial charge in [-0.05, 0) is 31.2 Å². The van der Waals surface area contributed by atoms with Crippen LogP contribution in [0.3, 0.4) is 0 Å². The van der Waals surface area contributed by atoms with Gasteiger partial charge in [-0.15, -0.1) is 5.11 Å². The van der Waals surface area contributed by atoms with E-state index in [9.17, 15) is 27.9 Å². The summed E-state index contributed by atoms with van der Waals surface area (Å²) in [7, 11) is 1.41. The zero-order valence-corrected chi connectivity index (χ0v) is 12.6. The molecule has 130 valence electrons. The molecule has 0 aromatic heterocycles. The first-order chi connectivity index (χ1) is 11.2. The average Bonchev–Trinajstić information content (AvgIpc) is 2.54. The molecule has 1 aromatic carbocycles. The van der Waals surface area contributed by atoms with Gasteiger partial charge in [0.2, 0.25) is 5.76 Å². The van der Waals surface area contributed by atoms with E-state index in [4.69, 9.17) is 4.74 Å². The number of allylic oxidation sites excluding steroid dienone is 1. The number of aliphatic hydroxyl groups excluding tert-OH is 1. The first-order valence-electron chi connectivity index (χ1n) is 6.48. The molecule has 0 aliphatic rings. The number of Topliss-reactive ketones (excluding diaryl/α,β-unsaturated/α-hetero) is 1. The number of methoxy groups -OCH3 is 1. The van der Waals surface area contributed by atoms with Gasteiger partial charge in [0, 0.05) is 0 Å². The highest BCUT2D eigenvalue weighted by Crippen LogP contribution is 2.25. The number of hydrogen-bond donors (Lipinski definition) is 1. The molecular weight excluding hydrogens is 333 g/mol. The van der Waals surface area contributed by atoms with Gasteiger partial charge in [0.05, 0.1) is 19.4 Å². The largest absolute Gasteiger partial charge is 0.500 e. The molecule has 0 radical (unpaired) electrons. The summed E-state index contributed by atoms with van der Waals surface area (Å²) in [5, 5.41) is 16.0. The molecule has 1 rings (SSSR count). The molecule has 24 heavy (non-hydrogen) atoms. The number of benzene rings is 1. The number of esters is 1. The second-order valence-electron chi connectivity index (χ2n) is 4.14. The lowest BCUT2D eigenvalue weighted by Gasteiger charge is -2.07. The second-order valence-corrected chi connectivity index (χ2v) is 4.14. The van der Waals surface area contributed by atoms with Crippen molar-refractivity contribution in [1.29, 1.82) is 0 Å². The highest BCUT2D eigenvalue weighted by molar-refractivity contribution is 6.04. The Balaban J connectivity index is 3.22. The predicted octanol–water partition coefficient (Wildman–Crippen LogP) is 3.24. The fourth-order valence-electron chi connectivity index (χ4n) is 1.39. The number of azo groups is 1. The van der Waals surface area contributed by atoms with Crippen LogP contribution in [0.1, 0.15) is 6.92 Å². The molecule has 0 aliphatic carbocycles. The van der Waals surface area contributed by atoms with Crippen molar-refractivity contribution in [2.75, 3.05) is 13.7 Å². The van der Waals surface area contributed by atoms with Crippen LogP contribution >= 0.6 is 0 Å². The van der Waals surface area contributed by atoms with Crippen LogP contribution in [0.15, 0.2) is 46.0 Å². The number of aliphatic hydroxyl groups is 1. The number of carbonyl (C=O) groups is 2. The van der Waals surface area contributed by atoms with Crippen molar-refractivity contribution in [3.05, 3.63) is 35.7 Å². The first kappa shape index (κ1) is 19.1. The minimum Gasteiger partial charge on any atom is -0.500 e. The van der Waals surface area contributed by atoms with Crippen molar-refractivity contribution < 1.29 is 37.3 Å². The summed E-state index contributed by atoms with van der Waals surface area (Å²) in [6, 6.07) is 5.60. The fraction of sp³-hybridized carbons (Fsp3) is 0.286. The lowest BCUT2D eigenvalue weighted by atomic mass is 10.2. The van der Waals surface area contributed by atoms with Gasteiger partial charge in [0.25, 0.3) is 5.78 Å². The molecule has 0 amide bonds. The van der Waals surface area contributed by atoms with E-state index in [1.807, 2.05) is 0 Å². The molecule has 7 nitrogen and oxygen atoms in total. The van der Waals surface area contributed by atoms with Crippen LogP contribution in [0.2, 0.25) is 0 Å². The van der Waals surface area contributed by atoms with Crippen LogP contribution in [0.4, 0.5) is 18.9 Å². The topological polar surface area (TPSA) is 97.6 Å². The lowest BCUT2D eigenvalue weighted by molar-refractivity contribution is -0.167. The Kier molecular flexibility index (Phi) is 6.45. The number of hydrogen-bond acceptors (Lipinski definition) is 7. The molecule has 0 aliphatic heterocycles. The van der Waals surface area contributed by atoms with Gasteiger partial charge in [-0.1, -0.05) is 0 Å². The molecule has 1 N–H and O–H groups in total. The van der Waals surface area contributed by atoms with E-state index < -0.39 is 29.4 Å². The van der Waals surface area contributed by atoms with Crippen LogP contribution in [0.5, 0.6) is 5.75 Å². The Labute approximate surface area is 134 Å². The third-order valence-electron chi connectivity index (χ3n) is 2.50. The third-order valence-corrected chi connectivity index (χ3v) is 2.50. The Morgan fingerprint density at radius 1 is 1.21 bits per heavy atom. The standard InChI is InChI=1S/C14H13F3N2O5/c1-3-24-13(22)11(20)10(12(21)14(15,16)17)19-18-8-4-6-9(23-2)7-5-8/h4-7,20H,3H2,1-2H3/b11-10-,19-18?. The monoisotopic (exact) mass is 346 g/mol. The summed E-state index contributed by atoms with van der Waals surface area (Å²) in [6.45, 7) is 1.15. The number of halogens is 3. The van der Waals surface area contributed by atoms with Gasteiger partial charge in [0.1, 0.15) is 5.75 Å². The smallest absolute Gasteiger partial charge is 0.456 e. The van der Waals surface area contributed by atoms with Crippen molar-refractivity contribution >= 4 is 17.4 Å². The first-order valence-corrected chi connectivity index (χ1v) is 6.48. The maximum atomic E-state index is 12.6. The van der Waals surface area contributed by atoms with E-state index in [0.29, 0.717) is 5.75 Å². The van der Waals surface area contributed by atoms with Crippen LogP contribution in [0.25, 0.3) is 0 Å². The quantitative estimate of drug-likeness (QED) is 0.369. The third kappa shape index (κ3) is 5.07. The van der Waals surface area contributed by atoms with Crippen molar-refractivity contribution in [3.63, 3.8) is 0 Å². The number of nitrogens with zero attached hydrogens (tertiary/aromatic N) is 2. The maximum absolute atomic E-state index is 12.6. The highest BCUT2D eigenvalue weighted by atomic mass is 19.4. The van der Waals surface area contributed by atoms with Gasteiger partial charge >= 0.3 is 12.1 Å². The van der Waals surface area contributed by atoms with E-state index in [0.717, 1.165) is 0 Å². The highest BCUT2D eigenvalue weighted by Gasteiger charge is 2.43. The van der Waals surface area contributed by atoms with Gasteiger partial charge in [-0.3, -0.25) is 4.79 Å². The summed E-state index contributed by atoms with van der Waals surface area (Å²) in [4.78, 5) is 22.7. The lowest BCUT2D eigenvalue weighted by Crippen LogP contribution is -2.26. The summed E-state index contributed by atoms with van der Waals surface area (Å²) in [6.07, 6.45) is -5.35. The van der Waals surface area contributed by atoms with Gasteiger partial charge in [0.15, 0.2) is 5.70 Å². The van der Waals surface area contributed by atoms with Gasteiger partial charge < -0.3 is 14.6 Å². The zero-order valence-electron chi connectivity index (χ0n) is 12.6. The molecule has 0 unspecified atom stereocenters. The van der Waals surface area contributed by atoms with Crippen molar-refractivity contribution in [3.8, 4) is 5.75 Å². The molecular formula is C14H13F3N2O5. The SMILES string of the molecule is CCOC(=O)/C(O)=C(/N=Nc1ccc(OC)cc1)C(=O)C(F)(F)F. The Morgan fingerprint density at radius 3 is 2.25 bits per heavy atom. The zero-order chi connectivity index (χ0) is 18.3. The Hall–Kier alpha value is -2.91. The van der Waals surface area contributed by atoms with E-state index >= 15 is 0 Å².